The van der Waals surface area contributed by atoms with E-state index in [0.717, 1.165) is 12.1 Å². The molecule has 0 aliphatic heterocycles. The van der Waals surface area contributed by atoms with E-state index in [9.17, 15) is 18.0 Å². The highest BCUT2D eigenvalue weighted by atomic mass is 19.1. The summed E-state index contributed by atoms with van der Waals surface area (Å²) in [6.45, 7) is 0.107. The van der Waals surface area contributed by atoms with Gasteiger partial charge in [-0.05, 0) is 24.3 Å². The Kier molecular flexibility index (Phi) is 6.32. The average Bonchev–Trinajstić information content (AvgIpc) is 3.15. The number of rotatable bonds is 7. The number of nitrogens with zero attached hydrogens (tertiary/aromatic N) is 3. The Balaban J connectivity index is 1.48. The first-order chi connectivity index (χ1) is 13.9. The Morgan fingerprint density at radius 3 is 2.72 bits per heavy atom. The van der Waals surface area contributed by atoms with Crippen LogP contribution in [0.4, 0.5) is 23.7 Å². The number of carbonyl (C=O) groups is 1. The van der Waals surface area contributed by atoms with Crippen molar-refractivity contribution < 1.29 is 27.2 Å². The lowest BCUT2D eigenvalue weighted by atomic mass is 10.3. The van der Waals surface area contributed by atoms with E-state index in [1.54, 1.807) is 12.1 Å². The molecule has 2 amide bonds. The summed E-state index contributed by atoms with van der Waals surface area (Å²) in [7, 11) is 1.50. The lowest BCUT2D eigenvalue weighted by molar-refractivity contribution is 0.222. The van der Waals surface area contributed by atoms with E-state index in [2.05, 4.69) is 15.5 Å². The van der Waals surface area contributed by atoms with Crippen molar-refractivity contribution in [1.82, 2.24) is 15.0 Å². The van der Waals surface area contributed by atoms with Crippen LogP contribution in [0.2, 0.25) is 0 Å². The van der Waals surface area contributed by atoms with Crippen molar-refractivity contribution in [3.63, 3.8) is 0 Å². The SMILES string of the molecule is CN(CCc1noc(COc2ccccc2F)n1)C(=O)Nc1ccc(F)cc1F. The van der Waals surface area contributed by atoms with Crippen LogP contribution in [0.15, 0.2) is 47.0 Å². The maximum absolute atomic E-state index is 13.6. The second kappa shape index (κ2) is 9.09. The molecule has 1 heterocycles. The molecule has 0 bridgehead atoms. The molecule has 1 N–H and O–H groups in total. The van der Waals surface area contributed by atoms with Crippen molar-refractivity contribution in [2.24, 2.45) is 0 Å². The number of anilines is 1. The average molecular weight is 406 g/mol. The van der Waals surface area contributed by atoms with E-state index < -0.39 is 23.5 Å². The number of benzene rings is 2. The monoisotopic (exact) mass is 406 g/mol. The maximum Gasteiger partial charge on any atom is 0.321 e. The number of aromatic nitrogens is 2. The van der Waals surface area contributed by atoms with Gasteiger partial charge >= 0.3 is 6.03 Å². The normalized spacial score (nSPS) is 10.6. The van der Waals surface area contributed by atoms with Gasteiger partial charge in [0.05, 0.1) is 5.69 Å². The molecule has 2 aromatic carbocycles. The topological polar surface area (TPSA) is 80.5 Å². The summed E-state index contributed by atoms with van der Waals surface area (Å²) in [6, 6.07) is 8.21. The summed E-state index contributed by atoms with van der Waals surface area (Å²) < 4.78 is 50.3. The van der Waals surface area contributed by atoms with E-state index in [-0.39, 0.29) is 36.9 Å². The highest BCUT2D eigenvalue weighted by Crippen LogP contribution is 2.17. The summed E-state index contributed by atoms with van der Waals surface area (Å²) in [5, 5.41) is 6.12. The molecule has 152 valence electrons. The predicted octanol–water partition coefficient (Wildman–Crippen LogP) is 3.77. The second-order valence-corrected chi connectivity index (χ2v) is 6.05. The van der Waals surface area contributed by atoms with Crippen LogP contribution in [0, 0.1) is 17.5 Å². The van der Waals surface area contributed by atoms with Gasteiger partial charge in [-0.3, -0.25) is 0 Å². The van der Waals surface area contributed by atoms with E-state index in [1.165, 1.54) is 24.1 Å². The Morgan fingerprint density at radius 1 is 1.17 bits per heavy atom. The molecule has 0 aliphatic rings. The van der Waals surface area contributed by atoms with Gasteiger partial charge in [0.25, 0.3) is 5.89 Å². The van der Waals surface area contributed by atoms with Gasteiger partial charge in [0.2, 0.25) is 0 Å². The van der Waals surface area contributed by atoms with Crippen LogP contribution in [0.25, 0.3) is 0 Å². The van der Waals surface area contributed by atoms with Crippen LogP contribution >= 0.6 is 0 Å². The molecule has 0 saturated heterocycles. The lowest BCUT2D eigenvalue weighted by Gasteiger charge is -2.17. The van der Waals surface area contributed by atoms with Crippen molar-refractivity contribution in [1.29, 1.82) is 0 Å². The van der Waals surface area contributed by atoms with Crippen LogP contribution < -0.4 is 10.1 Å². The molecule has 0 spiro atoms. The maximum atomic E-state index is 13.6. The zero-order chi connectivity index (χ0) is 20.8. The summed E-state index contributed by atoms with van der Waals surface area (Å²) >= 11 is 0. The van der Waals surface area contributed by atoms with Crippen molar-refractivity contribution in [2.45, 2.75) is 13.0 Å². The zero-order valence-electron chi connectivity index (χ0n) is 15.4. The molecule has 0 atom stereocenters. The van der Waals surface area contributed by atoms with E-state index in [0.29, 0.717) is 11.9 Å². The third-order valence-electron chi connectivity index (χ3n) is 3.89. The lowest BCUT2D eigenvalue weighted by Crippen LogP contribution is -2.33. The minimum atomic E-state index is -0.871. The molecular formula is C19H17F3N4O3. The molecule has 3 rings (SSSR count). The van der Waals surface area contributed by atoms with Crippen molar-refractivity contribution in [2.75, 3.05) is 18.9 Å². The Morgan fingerprint density at radius 2 is 1.97 bits per heavy atom. The fourth-order valence-corrected chi connectivity index (χ4v) is 2.32. The highest BCUT2D eigenvalue weighted by Gasteiger charge is 2.14. The van der Waals surface area contributed by atoms with Gasteiger partial charge < -0.3 is 19.5 Å². The molecule has 0 radical (unpaired) electrons. The van der Waals surface area contributed by atoms with Crippen molar-refractivity contribution >= 4 is 11.7 Å². The number of carbonyl (C=O) groups excluding carboxylic acids is 1. The third kappa shape index (κ3) is 5.47. The van der Waals surface area contributed by atoms with E-state index in [1.807, 2.05) is 0 Å². The number of hydrogen-bond acceptors (Lipinski definition) is 5. The number of likely N-dealkylation sites (N-methyl/N-ethyl adjacent to an activating group) is 1. The first-order valence-corrected chi connectivity index (χ1v) is 8.58. The van der Waals surface area contributed by atoms with Crippen molar-refractivity contribution in [3.05, 3.63) is 71.6 Å². The molecule has 1 aromatic heterocycles. The molecule has 0 fully saturated rings. The van der Waals surface area contributed by atoms with Gasteiger partial charge in [-0.25, -0.2) is 18.0 Å². The molecule has 0 saturated carbocycles. The Bertz CT molecular complexity index is 996. The standard InChI is InChI=1S/C19H17F3N4O3/c1-26(19(27)23-15-7-6-12(20)10-14(15)22)9-8-17-24-18(29-25-17)11-28-16-5-3-2-4-13(16)21/h2-7,10H,8-9,11H2,1H3,(H,23,27). The Hall–Kier alpha value is -3.56. The molecule has 0 aliphatic carbocycles. The second-order valence-electron chi connectivity index (χ2n) is 6.05. The van der Waals surface area contributed by atoms with Gasteiger partial charge in [-0.2, -0.15) is 4.98 Å². The van der Waals surface area contributed by atoms with Crippen molar-refractivity contribution in [3.8, 4) is 5.75 Å². The first-order valence-electron chi connectivity index (χ1n) is 8.58. The number of ether oxygens (including phenoxy) is 1. The third-order valence-corrected chi connectivity index (χ3v) is 3.89. The number of hydrogen-bond donors (Lipinski definition) is 1. The van der Waals surface area contributed by atoms with Gasteiger partial charge in [-0.1, -0.05) is 17.3 Å². The minimum Gasteiger partial charge on any atom is -0.481 e. The largest absolute Gasteiger partial charge is 0.481 e. The highest BCUT2D eigenvalue weighted by molar-refractivity contribution is 5.89. The number of urea groups is 1. The number of nitrogens with one attached hydrogen (secondary N) is 1. The predicted molar refractivity (Wildman–Crippen MR) is 96.7 cm³/mol. The zero-order valence-corrected chi connectivity index (χ0v) is 15.4. The first kappa shape index (κ1) is 20.2. The van der Waals surface area contributed by atoms with Crippen LogP contribution in [0.3, 0.4) is 0 Å². The fourth-order valence-electron chi connectivity index (χ4n) is 2.32. The van der Waals surface area contributed by atoms with Crippen LogP contribution in [0.1, 0.15) is 11.7 Å². The van der Waals surface area contributed by atoms with Gasteiger partial charge in [0.1, 0.15) is 11.6 Å². The summed E-state index contributed by atoms with van der Waals surface area (Å²) in [4.78, 5) is 17.5. The molecule has 3 aromatic rings. The summed E-state index contributed by atoms with van der Waals surface area (Å²) in [5.74, 6) is -1.56. The fraction of sp³-hybridized carbons (Fsp3) is 0.211. The summed E-state index contributed by atoms with van der Waals surface area (Å²) in [6.07, 6.45) is 0.263. The molecular weight excluding hydrogens is 389 g/mol. The number of para-hydroxylation sites is 1. The van der Waals surface area contributed by atoms with Gasteiger partial charge in [0.15, 0.2) is 24.0 Å². The molecule has 7 nitrogen and oxygen atoms in total. The number of halogens is 3. The smallest absolute Gasteiger partial charge is 0.321 e. The van der Waals surface area contributed by atoms with Crippen LogP contribution in [0.5, 0.6) is 5.75 Å². The van der Waals surface area contributed by atoms with Gasteiger partial charge in [0, 0.05) is 26.1 Å². The summed E-state index contributed by atoms with van der Waals surface area (Å²) in [5.41, 5.74) is -0.129. The minimum absolute atomic E-state index is 0.0664. The molecule has 10 heteroatoms. The van der Waals surface area contributed by atoms with Gasteiger partial charge in [-0.15, -0.1) is 0 Å². The molecule has 29 heavy (non-hydrogen) atoms. The Labute approximate surface area is 164 Å². The van der Waals surface area contributed by atoms with Crippen LogP contribution in [-0.2, 0) is 13.0 Å². The molecule has 0 unspecified atom stereocenters. The number of amides is 2. The van der Waals surface area contributed by atoms with E-state index >= 15 is 0 Å². The van der Waals surface area contributed by atoms with Crippen LogP contribution in [-0.4, -0.2) is 34.7 Å². The quantitative estimate of drug-likeness (QED) is 0.646. The van der Waals surface area contributed by atoms with E-state index in [4.69, 9.17) is 9.26 Å².